The molecule has 0 fully saturated rings. The first-order valence-electron chi connectivity index (χ1n) is 6.76. The minimum atomic E-state index is 0.310. The number of aromatic nitrogens is 7. The fraction of sp³-hybridized carbons (Fsp3) is 0. The maximum absolute atomic E-state index is 5.85. The molecule has 4 aromatic heterocycles. The molecule has 0 saturated heterocycles. The zero-order valence-electron chi connectivity index (χ0n) is 11.8. The number of anilines is 3. The van der Waals surface area contributed by atoms with Crippen molar-refractivity contribution in [2.75, 3.05) is 11.1 Å². The summed E-state index contributed by atoms with van der Waals surface area (Å²) in [4.78, 5) is 28.2. The average molecular weight is 305 g/mol. The van der Waals surface area contributed by atoms with Gasteiger partial charge < -0.3 is 16.0 Å². The third-order valence-corrected chi connectivity index (χ3v) is 3.18. The van der Waals surface area contributed by atoms with Crippen LogP contribution in [-0.2, 0) is 0 Å². The summed E-state index contributed by atoms with van der Waals surface area (Å²) in [5, 5.41) is 3.13. The van der Waals surface area contributed by atoms with Gasteiger partial charge in [0, 0.05) is 24.8 Å². The van der Waals surface area contributed by atoms with E-state index in [0.717, 1.165) is 11.0 Å². The summed E-state index contributed by atoms with van der Waals surface area (Å²) in [5.74, 6) is 2.08. The molecule has 0 atom stereocenters. The summed E-state index contributed by atoms with van der Waals surface area (Å²) >= 11 is 0. The number of nitrogens with two attached hydrogens (primary N) is 1. The summed E-state index contributed by atoms with van der Waals surface area (Å²) in [7, 11) is 0. The number of imidazole rings is 1. The molecule has 0 saturated carbocycles. The third-order valence-electron chi connectivity index (χ3n) is 3.18. The lowest BCUT2D eigenvalue weighted by molar-refractivity contribution is 1.16. The van der Waals surface area contributed by atoms with E-state index in [9.17, 15) is 0 Å². The lowest BCUT2D eigenvalue weighted by atomic mass is 10.4. The molecule has 0 aliphatic rings. The number of hydrogen-bond acceptors (Lipinski definition) is 8. The molecular formula is C14H11N9. The zero-order chi connectivity index (χ0) is 15.6. The summed E-state index contributed by atoms with van der Waals surface area (Å²) in [6.07, 6.45) is 7.87. The fourth-order valence-corrected chi connectivity index (χ4v) is 2.16. The minimum Gasteiger partial charge on any atom is -0.382 e. The molecule has 0 unspecified atom stereocenters. The Balaban J connectivity index is 1.80. The average Bonchev–Trinajstić information content (AvgIpc) is 3.01. The largest absolute Gasteiger partial charge is 0.382 e. The second-order valence-corrected chi connectivity index (χ2v) is 4.65. The van der Waals surface area contributed by atoms with E-state index in [2.05, 4.69) is 40.2 Å². The van der Waals surface area contributed by atoms with Gasteiger partial charge in [-0.15, -0.1) is 0 Å². The van der Waals surface area contributed by atoms with E-state index in [1.165, 1.54) is 12.5 Å². The van der Waals surface area contributed by atoms with Crippen LogP contribution in [-0.4, -0.2) is 34.9 Å². The Morgan fingerprint density at radius 1 is 0.957 bits per heavy atom. The van der Waals surface area contributed by atoms with E-state index in [0.29, 0.717) is 29.0 Å². The zero-order valence-corrected chi connectivity index (χ0v) is 11.8. The van der Waals surface area contributed by atoms with Gasteiger partial charge in [-0.25, -0.2) is 29.9 Å². The molecule has 0 bridgehead atoms. The minimum absolute atomic E-state index is 0.310. The molecule has 4 N–H and O–H groups in total. The highest BCUT2D eigenvalue weighted by Crippen LogP contribution is 2.26. The predicted octanol–water partition coefficient (Wildman–Crippen LogP) is 1.53. The molecule has 4 heterocycles. The van der Waals surface area contributed by atoms with Crippen LogP contribution in [0.2, 0.25) is 0 Å². The first-order valence-corrected chi connectivity index (χ1v) is 6.76. The lowest BCUT2D eigenvalue weighted by Crippen LogP contribution is -1.97. The van der Waals surface area contributed by atoms with Gasteiger partial charge in [0.15, 0.2) is 17.5 Å². The normalized spacial score (nSPS) is 10.8. The van der Waals surface area contributed by atoms with Crippen molar-refractivity contribution in [2.24, 2.45) is 0 Å². The Morgan fingerprint density at radius 3 is 2.70 bits per heavy atom. The quantitative estimate of drug-likeness (QED) is 0.519. The fourth-order valence-electron chi connectivity index (χ4n) is 2.16. The van der Waals surface area contributed by atoms with Crippen molar-refractivity contribution >= 4 is 28.5 Å². The maximum Gasteiger partial charge on any atom is 0.161 e. The number of nitrogens with one attached hydrogen (secondary N) is 2. The number of fused-ring (bicyclic) bond motifs is 1. The molecule has 9 heteroatoms. The van der Waals surface area contributed by atoms with Gasteiger partial charge >= 0.3 is 0 Å². The first kappa shape index (κ1) is 13.1. The summed E-state index contributed by atoms with van der Waals surface area (Å²) in [5.41, 5.74) is 7.81. The number of H-pyrrole nitrogens is 1. The van der Waals surface area contributed by atoms with Crippen LogP contribution < -0.4 is 11.1 Å². The summed E-state index contributed by atoms with van der Waals surface area (Å²) in [6, 6.07) is 3.55. The van der Waals surface area contributed by atoms with Gasteiger partial charge in [0.1, 0.15) is 23.4 Å². The Hall–Kier alpha value is -3.62. The Morgan fingerprint density at radius 2 is 1.87 bits per heavy atom. The SMILES string of the molecule is Nc1nccnc1-c1nc2ccnc(Nc3ccncn3)c2[nH]1. The second kappa shape index (κ2) is 5.30. The molecule has 9 nitrogen and oxygen atoms in total. The van der Waals surface area contributed by atoms with Gasteiger partial charge in [-0.2, -0.15) is 0 Å². The van der Waals surface area contributed by atoms with E-state index < -0.39 is 0 Å². The van der Waals surface area contributed by atoms with Crippen molar-refractivity contribution in [3.05, 3.63) is 43.2 Å². The van der Waals surface area contributed by atoms with Crippen molar-refractivity contribution in [2.45, 2.75) is 0 Å². The highest BCUT2D eigenvalue weighted by Gasteiger charge is 2.13. The van der Waals surface area contributed by atoms with E-state index in [4.69, 9.17) is 5.73 Å². The smallest absolute Gasteiger partial charge is 0.161 e. The van der Waals surface area contributed by atoms with Gasteiger partial charge in [0.05, 0.1) is 5.52 Å². The highest BCUT2D eigenvalue weighted by atomic mass is 15.1. The number of aromatic amines is 1. The van der Waals surface area contributed by atoms with Crippen molar-refractivity contribution in [3.8, 4) is 11.5 Å². The number of rotatable bonds is 3. The number of nitrogen functional groups attached to an aromatic ring is 1. The Labute approximate surface area is 130 Å². The van der Waals surface area contributed by atoms with Gasteiger partial charge in [-0.3, -0.25) is 0 Å². The van der Waals surface area contributed by atoms with Crippen LogP contribution in [0.3, 0.4) is 0 Å². The topological polar surface area (TPSA) is 131 Å². The number of pyridine rings is 1. The Bertz CT molecular complexity index is 964. The van der Waals surface area contributed by atoms with Crippen molar-refractivity contribution in [3.63, 3.8) is 0 Å². The number of nitrogens with zero attached hydrogens (tertiary/aromatic N) is 6. The van der Waals surface area contributed by atoms with Crippen LogP contribution >= 0.6 is 0 Å². The molecule has 4 aromatic rings. The van der Waals surface area contributed by atoms with Gasteiger partial charge in [-0.05, 0) is 12.1 Å². The van der Waals surface area contributed by atoms with Gasteiger partial charge in [-0.1, -0.05) is 0 Å². The van der Waals surface area contributed by atoms with Crippen LogP contribution in [0.15, 0.2) is 43.2 Å². The first-order chi connectivity index (χ1) is 11.3. The molecule has 0 spiro atoms. The molecule has 0 radical (unpaired) electrons. The molecule has 0 aromatic carbocycles. The van der Waals surface area contributed by atoms with Crippen LogP contribution in [0, 0.1) is 0 Å². The van der Waals surface area contributed by atoms with Crippen LogP contribution in [0.5, 0.6) is 0 Å². The molecule has 0 amide bonds. The van der Waals surface area contributed by atoms with E-state index in [1.807, 2.05) is 0 Å². The molecule has 0 aliphatic carbocycles. The monoisotopic (exact) mass is 305 g/mol. The van der Waals surface area contributed by atoms with Gasteiger partial charge in [0.25, 0.3) is 0 Å². The van der Waals surface area contributed by atoms with Crippen molar-refractivity contribution < 1.29 is 0 Å². The molecular weight excluding hydrogens is 294 g/mol. The number of hydrogen-bond donors (Lipinski definition) is 3. The van der Waals surface area contributed by atoms with Crippen molar-refractivity contribution in [1.29, 1.82) is 0 Å². The van der Waals surface area contributed by atoms with E-state index in [1.54, 1.807) is 30.7 Å². The van der Waals surface area contributed by atoms with Crippen molar-refractivity contribution in [1.82, 2.24) is 34.9 Å². The molecule has 4 rings (SSSR count). The van der Waals surface area contributed by atoms with Crippen LogP contribution in [0.25, 0.3) is 22.6 Å². The van der Waals surface area contributed by atoms with E-state index in [-0.39, 0.29) is 0 Å². The molecule has 0 aliphatic heterocycles. The lowest BCUT2D eigenvalue weighted by Gasteiger charge is -2.04. The summed E-state index contributed by atoms with van der Waals surface area (Å²) in [6.45, 7) is 0. The third kappa shape index (κ3) is 2.39. The molecule has 23 heavy (non-hydrogen) atoms. The molecule has 112 valence electrons. The van der Waals surface area contributed by atoms with Crippen LogP contribution in [0.4, 0.5) is 17.5 Å². The van der Waals surface area contributed by atoms with Gasteiger partial charge in [0.2, 0.25) is 0 Å². The van der Waals surface area contributed by atoms with E-state index >= 15 is 0 Å². The Kier molecular flexibility index (Phi) is 3.01. The highest BCUT2D eigenvalue weighted by molar-refractivity contribution is 5.89. The van der Waals surface area contributed by atoms with Crippen LogP contribution in [0.1, 0.15) is 0 Å². The summed E-state index contributed by atoms with van der Waals surface area (Å²) < 4.78 is 0. The standard InChI is InChI=1S/C14H11N9/c15-12-11(17-5-6-18-12)14-21-8-1-4-19-13(10(8)23-14)22-9-2-3-16-7-20-9/h1-7H,(H2,15,18)(H,21,23)(H,16,19,20,22). The predicted molar refractivity (Wildman–Crippen MR) is 84.6 cm³/mol. The second-order valence-electron chi connectivity index (χ2n) is 4.65. The maximum atomic E-state index is 5.85.